The Balaban J connectivity index is 2.26. The van der Waals surface area contributed by atoms with E-state index in [9.17, 15) is 4.79 Å². The summed E-state index contributed by atoms with van der Waals surface area (Å²) in [5.41, 5.74) is 1.04. The highest BCUT2D eigenvalue weighted by Gasteiger charge is 2.06. The largest absolute Gasteiger partial charge is 0.496 e. The van der Waals surface area contributed by atoms with Gasteiger partial charge in [0.2, 0.25) is 0 Å². The number of ether oxygens (including phenoxy) is 1. The van der Waals surface area contributed by atoms with Crippen molar-refractivity contribution in [2.45, 2.75) is 26.4 Å². The number of aromatic nitrogens is 2. The van der Waals surface area contributed by atoms with Crippen LogP contribution in [0.3, 0.4) is 0 Å². The third kappa shape index (κ3) is 2.47. The molecule has 0 aliphatic carbocycles. The summed E-state index contributed by atoms with van der Waals surface area (Å²) in [5, 5.41) is 0. The van der Waals surface area contributed by atoms with Crippen molar-refractivity contribution in [1.82, 2.24) is 9.13 Å². The summed E-state index contributed by atoms with van der Waals surface area (Å²) in [6, 6.07) is 7.76. The number of nitrogens with zero attached hydrogens (tertiary/aromatic N) is 2. The molecule has 0 saturated carbocycles. The van der Waals surface area contributed by atoms with Gasteiger partial charge in [-0.3, -0.25) is 9.13 Å². The number of benzene rings is 1. The Kier molecular flexibility index (Phi) is 3.87. The minimum atomic E-state index is 0.0303. The van der Waals surface area contributed by atoms with Gasteiger partial charge in [-0.05, 0) is 12.5 Å². The zero-order chi connectivity index (χ0) is 13.0. The molecule has 1 heterocycles. The standard InChI is InChI=1S/C14H18N2O2/c1-3-8-15-9-10-16(14(15)17)11-12-6-4-5-7-13(12)18-2/h4-7,9-10H,3,8,11H2,1-2H3. The van der Waals surface area contributed by atoms with Crippen molar-refractivity contribution < 1.29 is 4.74 Å². The van der Waals surface area contributed by atoms with E-state index in [2.05, 4.69) is 6.92 Å². The van der Waals surface area contributed by atoms with E-state index in [1.807, 2.05) is 36.7 Å². The lowest BCUT2D eigenvalue weighted by molar-refractivity contribution is 0.408. The van der Waals surface area contributed by atoms with E-state index in [1.54, 1.807) is 16.2 Å². The van der Waals surface area contributed by atoms with Crippen LogP contribution in [-0.2, 0) is 13.1 Å². The molecule has 0 aliphatic heterocycles. The number of hydrogen-bond donors (Lipinski definition) is 0. The molecule has 0 aliphatic rings. The molecule has 0 atom stereocenters. The van der Waals surface area contributed by atoms with Crippen LogP contribution in [0.1, 0.15) is 18.9 Å². The molecule has 1 aromatic heterocycles. The minimum absolute atomic E-state index is 0.0303. The van der Waals surface area contributed by atoms with Gasteiger partial charge in [0.05, 0.1) is 13.7 Å². The first kappa shape index (κ1) is 12.5. The Hall–Kier alpha value is -1.97. The van der Waals surface area contributed by atoms with Gasteiger partial charge in [-0.1, -0.05) is 25.1 Å². The Bertz CT molecular complexity index is 569. The first-order valence-corrected chi connectivity index (χ1v) is 6.13. The maximum absolute atomic E-state index is 12.0. The lowest BCUT2D eigenvalue weighted by atomic mass is 10.2. The average molecular weight is 246 g/mol. The van der Waals surface area contributed by atoms with E-state index in [1.165, 1.54) is 0 Å². The molecular formula is C14H18N2O2. The second-order valence-electron chi connectivity index (χ2n) is 4.21. The van der Waals surface area contributed by atoms with Gasteiger partial charge in [-0.25, -0.2) is 4.79 Å². The SMILES string of the molecule is CCCn1ccn(Cc2ccccc2OC)c1=O. The van der Waals surface area contributed by atoms with Crippen molar-refractivity contribution in [3.05, 3.63) is 52.7 Å². The lowest BCUT2D eigenvalue weighted by Gasteiger charge is -2.08. The van der Waals surface area contributed by atoms with Gasteiger partial charge in [-0.15, -0.1) is 0 Å². The predicted molar refractivity (Wildman–Crippen MR) is 71.1 cm³/mol. The zero-order valence-corrected chi connectivity index (χ0v) is 10.8. The van der Waals surface area contributed by atoms with Gasteiger partial charge in [0.1, 0.15) is 5.75 Å². The first-order chi connectivity index (χ1) is 8.76. The zero-order valence-electron chi connectivity index (χ0n) is 10.8. The van der Waals surface area contributed by atoms with Crippen LogP contribution in [-0.4, -0.2) is 16.2 Å². The highest BCUT2D eigenvalue weighted by Crippen LogP contribution is 2.17. The van der Waals surface area contributed by atoms with Crippen molar-refractivity contribution in [1.29, 1.82) is 0 Å². The maximum Gasteiger partial charge on any atom is 0.328 e. The van der Waals surface area contributed by atoms with E-state index in [4.69, 9.17) is 4.74 Å². The number of imidazole rings is 1. The van der Waals surface area contributed by atoms with Gasteiger partial charge < -0.3 is 4.74 Å². The number of rotatable bonds is 5. The average Bonchev–Trinajstić information content (AvgIpc) is 2.73. The third-order valence-electron chi connectivity index (χ3n) is 2.92. The summed E-state index contributed by atoms with van der Waals surface area (Å²) < 4.78 is 8.72. The fourth-order valence-electron chi connectivity index (χ4n) is 2.00. The minimum Gasteiger partial charge on any atom is -0.496 e. The Labute approximate surface area is 106 Å². The summed E-state index contributed by atoms with van der Waals surface area (Å²) in [6.07, 6.45) is 4.62. The van der Waals surface area contributed by atoms with E-state index in [0.29, 0.717) is 6.54 Å². The van der Waals surface area contributed by atoms with Crippen molar-refractivity contribution in [3.63, 3.8) is 0 Å². The Morgan fingerprint density at radius 2 is 1.89 bits per heavy atom. The van der Waals surface area contributed by atoms with Crippen molar-refractivity contribution in [2.24, 2.45) is 0 Å². The van der Waals surface area contributed by atoms with Crippen molar-refractivity contribution in [3.8, 4) is 5.75 Å². The molecule has 4 nitrogen and oxygen atoms in total. The van der Waals surface area contributed by atoms with Gasteiger partial charge in [0.15, 0.2) is 0 Å². The van der Waals surface area contributed by atoms with Crippen LogP contribution in [0.4, 0.5) is 0 Å². The number of para-hydroxylation sites is 1. The first-order valence-electron chi connectivity index (χ1n) is 6.13. The fraction of sp³-hybridized carbons (Fsp3) is 0.357. The van der Waals surface area contributed by atoms with Gasteiger partial charge in [0, 0.05) is 24.5 Å². The molecule has 2 aromatic rings. The summed E-state index contributed by atoms with van der Waals surface area (Å²) >= 11 is 0. The van der Waals surface area contributed by atoms with E-state index in [-0.39, 0.29) is 5.69 Å². The molecule has 4 heteroatoms. The molecule has 96 valence electrons. The molecule has 1 aromatic carbocycles. The van der Waals surface area contributed by atoms with E-state index >= 15 is 0 Å². The molecule has 0 unspecified atom stereocenters. The van der Waals surface area contributed by atoms with Crippen LogP contribution in [0.5, 0.6) is 5.75 Å². The molecular weight excluding hydrogens is 228 g/mol. The molecule has 0 radical (unpaired) electrons. The highest BCUT2D eigenvalue weighted by molar-refractivity contribution is 5.33. The van der Waals surface area contributed by atoms with E-state index in [0.717, 1.165) is 24.3 Å². The lowest BCUT2D eigenvalue weighted by Crippen LogP contribution is -2.24. The molecule has 0 bridgehead atoms. The molecule has 0 amide bonds. The molecule has 0 fully saturated rings. The van der Waals surface area contributed by atoms with Gasteiger partial charge >= 0.3 is 5.69 Å². The predicted octanol–water partition coefficient (Wildman–Crippen LogP) is 2.12. The van der Waals surface area contributed by atoms with Crippen molar-refractivity contribution in [2.75, 3.05) is 7.11 Å². The smallest absolute Gasteiger partial charge is 0.328 e. The molecule has 0 saturated heterocycles. The van der Waals surface area contributed by atoms with Crippen LogP contribution in [0.15, 0.2) is 41.5 Å². The summed E-state index contributed by atoms with van der Waals surface area (Å²) in [7, 11) is 1.64. The van der Waals surface area contributed by atoms with Crippen LogP contribution >= 0.6 is 0 Å². The maximum atomic E-state index is 12.0. The monoisotopic (exact) mass is 246 g/mol. The van der Waals surface area contributed by atoms with Crippen molar-refractivity contribution >= 4 is 0 Å². The Morgan fingerprint density at radius 3 is 2.61 bits per heavy atom. The van der Waals surface area contributed by atoms with Crippen LogP contribution < -0.4 is 10.4 Å². The normalized spacial score (nSPS) is 10.6. The summed E-state index contributed by atoms with van der Waals surface area (Å²) in [4.78, 5) is 12.0. The van der Waals surface area contributed by atoms with Gasteiger partial charge in [-0.2, -0.15) is 0 Å². The number of methoxy groups -OCH3 is 1. The molecule has 2 rings (SSSR count). The highest BCUT2D eigenvalue weighted by atomic mass is 16.5. The number of aryl methyl sites for hydroxylation is 1. The van der Waals surface area contributed by atoms with Crippen LogP contribution in [0, 0.1) is 0 Å². The second kappa shape index (κ2) is 5.58. The quantitative estimate of drug-likeness (QED) is 0.810. The molecule has 18 heavy (non-hydrogen) atoms. The molecule has 0 N–H and O–H groups in total. The molecule has 0 spiro atoms. The fourth-order valence-corrected chi connectivity index (χ4v) is 2.00. The Morgan fingerprint density at radius 1 is 1.17 bits per heavy atom. The van der Waals surface area contributed by atoms with Crippen LogP contribution in [0.2, 0.25) is 0 Å². The van der Waals surface area contributed by atoms with E-state index < -0.39 is 0 Å². The number of hydrogen-bond acceptors (Lipinski definition) is 2. The topological polar surface area (TPSA) is 36.2 Å². The van der Waals surface area contributed by atoms with Gasteiger partial charge in [0.25, 0.3) is 0 Å². The summed E-state index contributed by atoms with van der Waals surface area (Å²) in [5.74, 6) is 0.813. The second-order valence-corrected chi connectivity index (χ2v) is 4.21. The van der Waals surface area contributed by atoms with Crippen LogP contribution in [0.25, 0.3) is 0 Å². The third-order valence-corrected chi connectivity index (χ3v) is 2.92. The summed E-state index contributed by atoms with van der Waals surface area (Å²) in [6.45, 7) is 3.36.